The maximum atomic E-state index is 13.1. The Kier molecular flexibility index (Phi) is 4.14. The molecule has 2 fully saturated rings. The molecule has 3 aliphatic heterocycles. The number of fused-ring (bicyclic) bond motifs is 4. The van der Waals surface area contributed by atoms with Gasteiger partial charge in [-0.25, -0.2) is 4.79 Å². The second kappa shape index (κ2) is 6.23. The Labute approximate surface area is 154 Å². The van der Waals surface area contributed by atoms with E-state index < -0.39 is 5.41 Å². The summed E-state index contributed by atoms with van der Waals surface area (Å²) in [6.45, 7) is 8.02. The molecule has 0 bridgehead atoms. The number of amides is 1. The minimum atomic E-state index is -0.510. The fourth-order valence-corrected chi connectivity index (χ4v) is 5.42. The SMILES string of the molecule is C=C(C(=O)OC)[C@H]1C[C@@H]2N(CC[C@]23C(=O)Nc2ccccc23)C[C@H]1CC. The second-order valence-corrected chi connectivity index (χ2v) is 7.76. The van der Waals surface area contributed by atoms with E-state index in [1.807, 2.05) is 18.2 Å². The number of rotatable bonds is 3. The monoisotopic (exact) mass is 354 g/mol. The molecule has 0 aliphatic carbocycles. The Morgan fingerprint density at radius 3 is 2.92 bits per heavy atom. The summed E-state index contributed by atoms with van der Waals surface area (Å²) in [7, 11) is 1.40. The first-order chi connectivity index (χ1) is 12.5. The summed E-state index contributed by atoms with van der Waals surface area (Å²) in [5.41, 5.74) is 2.08. The van der Waals surface area contributed by atoms with Crippen molar-refractivity contribution in [3.05, 3.63) is 42.0 Å². The van der Waals surface area contributed by atoms with Gasteiger partial charge in [-0.2, -0.15) is 0 Å². The van der Waals surface area contributed by atoms with E-state index in [2.05, 4.69) is 29.8 Å². The van der Waals surface area contributed by atoms with E-state index >= 15 is 0 Å². The molecule has 1 aromatic carbocycles. The number of para-hydroxylation sites is 1. The van der Waals surface area contributed by atoms with Crippen molar-refractivity contribution in [3.8, 4) is 0 Å². The van der Waals surface area contributed by atoms with Gasteiger partial charge in [0.1, 0.15) is 0 Å². The molecule has 138 valence electrons. The van der Waals surface area contributed by atoms with Crippen LogP contribution >= 0.6 is 0 Å². The van der Waals surface area contributed by atoms with E-state index in [-0.39, 0.29) is 23.8 Å². The van der Waals surface area contributed by atoms with Crippen LogP contribution in [0, 0.1) is 11.8 Å². The van der Waals surface area contributed by atoms with E-state index in [0.717, 1.165) is 43.6 Å². The Morgan fingerprint density at radius 1 is 1.42 bits per heavy atom. The van der Waals surface area contributed by atoms with Crippen molar-refractivity contribution in [2.24, 2.45) is 11.8 Å². The van der Waals surface area contributed by atoms with E-state index in [1.54, 1.807) is 0 Å². The highest BCUT2D eigenvalue weighted by Crippen LogP contribution is 2.53. The van der Waals surface area contributed by atoms with E-state index in [9.17, 15) is 9.59 Å². The minimum Gasteiger partial charge on any atom is -0.466 e. The molecule has 1 N–H and O–H groups in total. The number of hydrogen-bond donors (Lipinski definition) is 1. The molecule has 0 unspecified atom stereocenters. The van der Waals surface area contributed by atoms with Crippen molar-refractivity contribution in [1.82, 2.24) is 4.90 Å². The predicted molar refractivity (Wildman–Crippen MR) is 99.8 cm³/mol. The van der Waals surface area contributed by atoms with Gasteiger partial charge in [0, 0.05) is 23.8 Å². The van der Waals surface area contributed by atoms with Crippen LogP contribution in [0.25, 0.3) is 0 Å². The number of nitrogens with one attached hydrogen (secondary N) is 1. The normalized spacial score (nSPS) is 32.8. The molecular formula is C21H26N2O3. The van der Waals surface area contributed by atoms with Crippen molar-refractivity contribution < 1.29 is 14.3 Å². The summed E-state index contributed by atoms with van der Waals surface area (Å²) >= 11 is 0. The van der Waals surface area contributed by atoms with Crippen LogP contribution in [-0.2, 0) is 19.7 Å². The zero-order valence-corrected chi connectivity index (χ0v) is 15.5. The molecule has 26 heavy (non-hydrogen) atoms. The number of carbonyl (C=O) groups is 2. The number of anilines is 1. The third kappa shape index (κ3) is 2.26. The van der Waals surface area contributed by atoms with Crippen molar-refractivity contribution in [1.29, 1.82) is 0 Å². The number of ether oxygens (including phenoxy) is 1. The quantitative estimate of drug-likeness (QED) is 0.670. The van der Waals surface area contributed by atoms with Crippen LogP contribution in [0.5, 0.6) is 0 Å². The average molecular weight is 354 g/mol. The molecular weight excluding hydrogens is 328 g/mol. The zero-order valence-electron chi connectivity index (χ0n) is 15.5. The van der Waals surface area contributed by atoms with Gasteiger partial charge in [0.25, 0.3) is 0 Å². The number of piperidine rings is 1. The van der Waals surface area contributed by atoms with Crippen LogP contribution in [0.3, 0.4) is 0 Å². The van der Waals surface area contributed by atoms with Crippen LogP contribution in [0.4, 0.5) is 5.69 Å². The van der Waals surface area contributed by atoms with Crippen LogP contribution < -0.4 is 5.32 Å². The Balaban J connectivity index is 1.72. The molecule has 1 spiro atoms. The predicted octanol–water partition coefficient (Wildman–Crippen LogP) is 2.73. The highest BCUT2D eigenvalue weighted by Gasteiger charge is 2.59. The average Bonchev–Trinajstić information content (AvgIpc) is 3.18. The van der Waals surface area contributed by atoms with Crippen molar-refractivity contribution in [3.63, 3.8) is 0 Å². The number of methoxy groups -OCH3 is 1. The van der Waals surface area contributed by atoms with E-state index in [0.29, 0.717) is 11.5 Å². The Hall–Kier alpha value is -2.14. The topological polar surface area (TPSA) is 58.6 Å². The fourth-order valence-electron chi connectivity index (χ4n) is 5.42. The first-order valence-corrected chi connectivity index (χ1v) is 9.45. The second-order valence-electron chi connectivity index (χ2n) is 7.76. The highest BCUT2D eigenvalue weighted by atomic mass is 16.5. The summed E-state index contributed by atoms with van der Waals surface area (Å²) in [5.74, 6) is 0.200. The van der Waals surface area contributed by atoms with E-state index in [4.69, 9.17) is 4.74 Å². The van der Waals surface area contributed by atoms with Gasteiger partial charge >= 0.3 is 5.97 Å². The summed E-state index contributed by atoms with van der Waals surface area (Å²) in [5, 5.41) is 3.09. The Bertz CT molecular complexity index is 774. The number of nitrogens with zero attached hydrogens (tertiary/aromatic N) is 1. The lowest BCUT2D eigenvalue weighted by Gasteiger charge is -2.45. The van der Waals surface area contributed by atoms with Crippen LogP contribution in [-0.4, -0.2) is 43.0 Å². The van der Waals surface area contributed by atoms with Gasteiger partial charge in [0.05, 0.1) is 12.5 Å². The number of benzene rings is 1. The smallest absolute Gasteiger partial charge is 0.333 e. The fraction of sp³-hybridized carbons (Fsp3) is 0.524. The molecule has 1 amide bonds. The van der Waals surface area contributed by atoms with Gasteiger partial charge in [-0.1, -0.05) is 38.1 Å². The summed E-state index contributed by atoms with van der Waals surface area (Å²) < 4.78 is 4.93. The van der Waals surface area contributed by atoms with Crippen molar-refractivity contribution >= 4 is 17.6 Å². The molecule has 2 saturated heterocycles. The number of hydrogen-bond acceptors (Lipinski definition) is 4. The molecule has 3 aliphatic rings. The van der Waals surface area contributed by atoms with Gasteiger partial charge < -0.3 is 10.1 Å². The van der Waals surface area contributed by atoms with Gasteiger partial charge in [0.15, 0.2) is 0 Å². The van der Waals surface area contributed by atoms with Crippen LogP contribution in [0.1, 0.15) is 31.7 Å². The lowest BCUT2D eigenvalue weighted by Crippen LogP contribution is -2.53. The van der Waals surface area contributed by atoms with Crippen LogP contribution in [0.2, 0.25) is 0 Å². The Morgan fingerprint density at radius 2 is 2.19 bits per heavy atom. The first-order valence-electron chi connectivity index (χ1n) is 9.45. The van der Waals surface area contributed by atoms with Crippen molar-refractivity contribution in [2.75, 3.05) is 25.5 Å². The summed E-state index contributed by atoms with van der Waals surface area (Å²) in [6, 6.07) is 8.12. The molecule has 4 atom stereocenters. The molecule has 0 saturated carbocycles. The largest absolute Gasteiger partial charge is 0.466 e. The van der Waals surface area contributed by atoms with Crippen LogP contribution in [0.15, 0.2) is 36.4 Å². The molecule has 3 heterocycles. The van der Waals surface area contributed by atoms with Gasteiger partial charge in [0.2, 0.25) is 5.91 Å². The maximum Gasteiger partial charge on any atom is 0.333 e. The minimum absolute atomic E-state index is 0.0595. The van der Waals surface area contributed by atoms with Gasteiger partial charge in [-0.3, -0.25) is 9.69 Å². The molecule has 1 aromatic rings. The summed E-state index contributed by atoms with van der Waals surface area (Å²) in [4.78, 5) is 27.7. The highest BCUT2D eigenvalue weighted by molar-refractivity contribution is 6.07. The standard InChI is InChI=1S/C21H26N2O3/c1-4-14-12-23-10-9-21(16-7-5-6-8-17(16)22-20(21)25)18(23)11-15(14)13(2)19(24)26-3/h5-8,14-15,18H,2,4,9-12H2,1,3H3,(H,22,25)/t14-,15-,18+,21-/m1/s1. The third-order valence-corrected chi connectivity index (χ3v) is 6.80. The zero-order chi connectivity index (χ0) is 18.5. The van der Waals surface area contributed by atoms with E-state index in [1.165, 1.54) is 7.11 Å². The molecule has 5 nitrogen and oxygen atoms in total. The van der Waals surface area contributed by atoms with Gasteiger partial charge in [-0.05, 0) is 42.9 Å². The molecule has 0 radical (unpaired) electrons. The lowest BCUT2D eigenvalue weighted by atomic mass is 9.67. The lowest BCUT2D eigenvalue weighted by molar-refractivity contribution is -0.137. The molecule has 5 heteroatoms. The number of esters is 1. The first kappa shape index (κ1) is 17.3. The number of carbonyl (C=O) groups excluding carboxylic acids is 2. The van der Waals surface area contributed by atoms with Gasteiger partial charge in [-0.15, -0.1) is 0 Å². The maximum absolute atomic E-state index is 13.1. The molecule has 4 rings (SSSR count). The summed E-state index contributed by atoms with van der Waals surface area (Å²) in [6.07, 6.45) is 2.59. The van der Waals surface area contributed by atoms with Crippen molar-refractivity contribution in [2.45, 2.75) is 37.6 Å². The third-order valence-electron chi connectivity index (χ3n) is 6.80. The molecule has 0 aromatic heterocycles.